The number of rotatable bonds is 5. The lowest BCUT2D eigenvalue weighted by atomic mass is 10.1. The van der Waals surface area contributed by atoms with E-state index in [1.165, 1.54) is 11.1 Å². The summed E-state index contributed by atoms with van der Waals surface area (Å²) in [6.07, 6.45) is 4.24. The number of amides is 1. The number of aromatic amines is 1. The normalized spacial score (nSPS) is 17.1. The molecule has 1 atom stereocenters. The van der Waals surface area contributed by atoms with E-state index in [0.717, 1.165) is 17.8 Å². The number of hydrogen-bond acceptors (Lipinski definition) is 2. The van der Waals surface area contributed by atoms with Crippen molar-refractivity contribution in [2.45, 2.75) is 13.3 Å². The molecular formula is C16H17N3O. The first-order valence-corrected chi connectivity index (χ1v) is 6.79. The smallest absolute Gasteiger partial charge is 0.231 e. The van der Waals surface area contributed by atoms with Gasteiger partial charge in [-0.1, -0.05) is 35.9 Å². The molecule has 1 aliphatic carbocycles. The predicted molar refractivity (Wildman–Crippen MR) is 77.8 cm³/mol. The molecule has 20 heavy (non-hydrogen) atoms. The molecule has 1 aromatic heterocycles. The van der Waals surface area contributed by atoms with E-state index in [2.05, 4.69) is 27.4 Å². The van der Waals surface area contributed by atoms with Gasteiger partial charge in [0.05, 0.1) is 5.92 Å². The van der Waals surface area contributed by atoms with E-state index >= 15 is 0 Å². The Kier molecular flexibility index (Phi) is 3.37. The van der Waals surface area contributed by atoms with Crippen molar-refractivity contribution in [1.29, 1.82) is 0 Å². The molecule has 4 nitrogen and oxygen atoms in total. The molecule has 0 bridgehead atoms. The Morgan fingerprint density at radius 3 is 2.85 bits per heavy atom. The number of carbonyl (C=O) groups excluding carboxylic acids is 1. The zero-order valence-corrected chi connectivity index (χ0v) is 11.4. The number of nitrogens with one attached hydrogen (secondary N) is 2. The van der Waals surface area contributed by atoms with Gasteiger partial charge in [-0.15, -0.1) is 0 Å². The van der Waals surface area contributed by atoms with E-state index in [1.54, 1.807) is 12.4 Å². The van der Waals surface area contributed by atoms with Gasteiger partial charge in [0.2, 0.25) is 5.91 Å². The van der Waals surface area contributed by atoms with Crippen LogP contribution in [0, 0.1) is 5.92 Å². The standard InChI is InChI=1S/C16H17N3O/c1-11-14(12-5-3-2-4-6-12)15(11)16(20)19-8-7-13-17-9-10-18-13/h2-6,9-10,15H,7-8H2,1H3,(H,17,18)(H,19,20). The molecule has 1 amide bonds. The van der Waals surface area contributed by atoms with Crippen molar-refractivity contribution in [2.75, 3.05) is 6.54 Å². The first kappa shape index (κ1) is 12.7. The van der Waals surface area contributed by atoms with E-state index in [0.29, 0.717) is 6.54 Å². The zero-order chi connectivity index (χ0) is 13.9. The molecule has 0 spiro atoms. The second kappa shape index (κ2) is 5.33. The van der Waals surface area contributed by atoms with Crippen LogP contribution in [-0.4, -0.2) is 22.4 Å². The van der Waals surface area contributed by atoms with Gasteiger partial charge < -0.3 is 10.3 Å². The highest BCUT2D eigenvalue weighted by Gasteiger charge is 2.39. The summed E-state index contributed by atoms with van der Waals surface area (Å²) >= 11 is 0. The van der Waals surface area contributed by atoms with Crippen LogP contribution in [0.15, 0.2) is 48.3 Å². The van der Waals surface area contributed by atoms with Crippen LogP contribution in [-0.2, 0) is 11.2 Å². The maximum atomic E-state index is 12.1. The first-order chi connectivity index (χ1) is 9.77. The Hall–Kier alpha value is -2.36. The molecule has 0 radical (unpaired) electrons. The van der Waals surface area contributed by atoms with E-state index in [1.807, 2.05) is 25.1 Å². The maximum absolute atomic E-state index is 12.1. The predicted octanol–water partition coefficient (Wildman–Crippen LogP) is 2.17. The minimum Gasteiger partial charge on any atom is -0.355 e. The van der Waals surface area contributed by atoms with Crippen molar-refractivity contribution in [3.8, 4) is 0 Å². The van der Waals surface area contributed by atoms with Crippen LogP contribution >= 0.6 is 0 Å². The second-order valence-corrected chi connectivity index (χ2v) is 4.97. The molecule has 1 heterocycles. The number of H-pyrrole nitrogens is 1. The van der Waals surface area contributed by atoms with Crippen LogP contribution in [0.5, 0.6) is 0 Å². The van der Waals surface area contributed by atoms with E-state index in [9.17, 15) is 4.79 Å². The molecule has 4 heteroatoms. The Labute approximate surface area is 117 Å². The molecule has 0 saturated carbocycles. The van der Waals surface area contributed by atoms with Crippen molar-refractivity contribution in [1.82, 2.24) is 15.3 Å². The second-order valence-electron chi connectivity index (χ2n) is 4.97. The summed E-state index contributed by atoms with van der Waals surface area (Å²) in [7, 11) is 0. The molecule has 1 aliphatic rings. The fourth-order valence-electron chi connectivity index (χ4n) is 2.51. The van der Waals surface area contributed by atoms with Gasteiger partial charge in [-0.3, -0.25) is 4.79 Å². The lowest BCUT2D eigenvalue weighted by Gasteiger charge is -2.04. The zero-order valence-electron chi connectivity index (χ0n) is 11.4. The van der Waals surface area contributed by atoms with Gasteiger partial charge in [0.15, 0.2) is 0 Å². The lowest BCUT2D eigenvalue weighted by molar-refractivity contribution is -0.121. The maximum Gasteiger partial charge on any atom is 0.231 e. The molecule has 0 aliphatic heterocycles. The SMILES string of the molecule is CC1=C(c2ccccc2)C1C(=O)NCCc1ncc[nH]1. The molecule has 2 N–H and O–H groups in total. The third-order valence-electron chi connectivity index (χ3n) is 3.63. The van der Waals surface area contributed by atoms with Gasteiger partial charge in [0.1, 0.15) is 5.82 Å². The van der Waals surface area contributed by atoms with Crippen LogP contribution in [0.4, 0.5) is 0 Å². The molecule has 0 fully saturated rings. The highest BCUT2D eigenvalue weighted by molar-refractivity contribution is 6.05. The van der Waals surface area contributed by atoms with Crippen LogP contribution in [0.1, 0.15) is 18.3 Å². The van der Waals surface area contributed by atoms with Gasteiger partial charge >= 0.3 is 0 Å². The number of imidazole rings is 1. The molecule has 1 unspecified atom stereocenters. The Bertz CT molecular complexity index is 629. The summed E-state index contributed by atoms with van der Waals surface area (Å²) in [4.78, 5) is 19.3. The highest BCUT2D eigenvalue weighted by atomic mass is 16.2. The van der Waals surface area contributed by atoms with E-state index < -0.39 is 0 Å². The molecule has 2 aromatic rings. The van der Waals surface area contributed by atoms with Gasteiger partial charge in [0.25, 0.3) is 0 Å². The summed E-state index contributed by atoms with van der Waals surface area (Å²) in [6.45, 7) is 2.64. The summed E-state index contributed by atoms with van der Waals surface area (Å²) in [5, 5.41) is 2.97. The van der Waals surface area contributed by atoms with Crippen LogP contribution in [0.2, 0.25) is 0 Å². The number of hydrogen-bond donors (Lipinski definition) is 2. The van der Waals surface area contributed by atoms with Gasteiger partial charge in [0, 0.05) is 25.4 Å². The van der Waals surface area contributed by atoms with Crippen molar-refractivity contribution >= 4 is 11.5 Å². The third-order valence-corrected chi connectivity index (χ3v) is 3.63. The van der Waals surface area contributed by atoms with Crippen LogP contribution in [0.3, 0.4) is 0 Å². The number of aromatic nitrogens is 2. The Morgan fingerprint density at radius 2 is 2.15 bits per heavy atom. The lowest BCUT2D eigenvalue weighted by Crippen LogP contribution is -2.28. The Balaban J connectivity index is 1.53. The largest absolute Gasteiger partial charge is 0.355 e. The van der Waals surface area contributed by atoms with Crippen molar-refractivity contribution in [3.05, 3.63) is 59.7 Å². The Morgan fingerprint density at radius 1 is 1.35 bits per heavy atom. The van der Waals surface area contributed by atoms with E-state index in [-0.39, 0.29) is 11.8 Å². The first-order valence-electron chi connectivity index (χ1n) is 6.79. The number of nitrogens with zero attached hydrogens (tertiary/aromatic N) is 1. The number of benzene rings is 1. The minimum absolute atomic E-state index is 0.0472. The summed E-state index contributed by atoms with van der Waals surface area (Å²) < 4.78 is 0. The van der Waals surface area contributed by atoms with Gasteiger partial charge in [-0.2, -0.15) is 0 Å². The molecule has 1 aromatic carbocycles. The van der Waals surface area contributed by atoms with E-state index in [4.69, 9.17) is 0 Å². The minimum atomic E-state index is -0.0472. The molecule has 3 rings (SSSR count). The fourth-order valence-corrected chi connectivity index (χ4v) is 2.51. The van der Waals surface area contributed by atoms with Crippen molar-refractivity contribution < 1.29 is 4.79 Å². The molecular weight excluding hydrogens is 250 g/mol. The molecule has 0 saturated heterocycles. The highest BCUT2D eigenvalue weighted by Crippen LogP contribution is 2.46. The topological polar surface area (TPSA) is 57.8 Å². The van der Waals surface area contributed by atoms with Crippen LogP contribution in [0.25, 0.3) is 5.57 Å². The number of carbonyl (C=O) groups is 1. The van der Waals surface area contributed by atoms with Crippen LogP contribution < -0.4 is 5.32 Å². The average Bonchev–Trinajstić information content (AvgIpc) is 2.88. The fraction of sp³-hybridized carbons (Fsp3) is 0.250. The van der Waals surface area contributed by atoms with Gasteiger partial charge in [-0.05, 0) is 18.1 Å². The quantitative estimate of drug-likeness (QED) is 0.872. The van der Waals surface area contributed by atoms with Crippen molar-refractivity contribution in [2.24, 2.45) is 5.92 Å². The molecule has 102 valence electrons. The monoisotopic (exact) mass is 267 g/mol. The summed E-state index contributed by atoms with van der Waals surface area (Å²) in [5.74, 6) is 0.941. The third kappa shape index (κ3) is 2.50. The van der Waals surface area contributed by atoms with Gasteiger partial charge in [-0.25, -0.2) is 4.98 Å². The summed E-state index contributed by atoms with van der Waals surface area (Å²) in [6, 6.07) is 10.1. The average molecular weight is 267 g/mol. The van der Waals surface area contributed by atoms with Crippen molar-refractivity contribution in [3.63, 3.8) is 0 Å². The summed E-state index contributed by atoms with van der Waals surface area (Å²) in [5.41, 5.74) is 3.49.